The maximum absolute atomic E-state index is 13.4. The van der Waals surface area contributed by atoms with Crippen LogP contribution in [0.15, 0.2) is 4.99 Å². The van der Waals surface area contributed by atoms with Crippen molar-refractivity contribution in [2.45, 2.75) is 112 Å². The van der Waals surface area contributed by atoms with E-state index in [0.717, 1.165) is 0 Å². The molecule has 0 spiro atoms. The van der Waals surface area contributed by atoms with Gasteiger partial charge in [0.25, 0.3) is 0 Å². The summed E-state index contributed by atoms with van der Waals surface area (Å²) in [6, 6.07) is -16.8. The van der Waals surface area contributed by atoms with E-state index in [9.17, 15) is 97.5 Å². The first-order valence-corrected chi connectivity index (χ1v) is 22.4. The molecule has 13 amide bonds. The maximum Gasteiger partial charge on any atom is 0.326 e. The summed E-state index contributed by atoms with van der Waals surface area (Å²) in [5.41, 5.74) is 36.8. The minimum atomic E-state index is -2.20. The Kier molecular flexibility index (Phi) is 30.5. The van der Waals surface area contributed by atoms with Gasteiger partial charge in [-0.25, -0.2) is 4.79 Å². The average molecular weight is 1090 g/mol. The van der Waals surface area contributed by atoms with Crippen LogP contribution in [0.3, 0.4) is 0 Å². The third-order valence-electron chi connectivity index (χ3n) is 9.89. The van der Waals surface area contributed by atoms with Gasteiger partial charge in [-0.2, -0.15) is 0 Å². The highest BCUT2D eigenvalue weighted by Crippen LogP contribution is 2.06. The molecule has 0 bridgehead atoms. The van der Waals surface area contributed by atoms with E-state index >= 15 is 0 Å². The fraction of sp³-hybridized carbons (Fsp3) is 0.590. The van der Waals surface area contributed by atoms with Crippen LogP contribution in [-0.2, 0) is 71.9 Å². The lowest BCUT2D eigenvalue weighted by molar-refractivity contribution is -0.143. The Morgan fingerprint density at radius 1 is 0.408 bits per heavy atom. The van der Waals surface area contributed by atoms with E-state index in [4.69, 9.17) is 40.1 Å². The van der Waals surface area contributed by atoms with Gasteiger partial charge in [0.15, 0.2) is 5.96 Å². The van der Waals surface area contributed by atoms with Gasteiger partial charge in [-0.05, 0) is 25.7 Å². The number of carbonyl (C=O) groups excluding carboxylic acids is 13. The summed E-state index contributed by atoms with van der Waals surface area (Å²) in [7, 11) is 0. The first-order chi connectivity index (χ1) is 35.4. The summed E-state index contributed by atoms with van der Waals surface area (Å²) in [5.74, 6) is -19.6. The molecule has 0 aliphatic rings. The fourth-order valence-corrected chi connectivity index (χ4v) is 5.99. The average Bonchev–Trinajstić information content (AvgIpc) is 3.32. The number of amides is 13. The summed E-state index contributed by atoms with van der Waals surface area (Å²) in [5, 5.41) is 66.7. The lowest BCUT2D eigenvalue weighted by Gasteiger charge is -2.26. The van der Waals surface area contributed by atoms with E-state index in [1.165, 1.54) is 0 Å². The topological polar surface area (TPSA) is 660 Å². The van der Waals surface area contributed by atoms with Crippen molar-refractivity contribution in [3.05, 3.63) is 0 Å². The van der Waals surface area contributed by atoms with Crippen LogP contribution in [0.4, 0.5) is 0 Å². The number of aliphatic carboxylic acids is 2. The molecule has 0 aromatic carbocycles. The van der Waals surface area contributed by atoms with Crippen molar-refractivity contribution in [1.82, 2.24) is 47.9 Å². The van der Waals surface area contributed by atoms with Crippen molar-refractivity contribution in [2.75, 3.05) is 32.9 Å². The maximum atomic E-state index is 13.4. The second kappa shape index (κ2) is 34.6. The minimum Gasteiger partial charge on any atom is -0.481 e. The number of primary amides is 4. The molecule has 0 rings (SSSR count). The number of hydrogen-bond acceptors (Lipinski definition) is 20. The van der Waals surface area contributed by atoms with Crippen LogP contribution in [0.25, 0.3) is 0 Å². The zero-order valence-electron chi connectivity index (χ0n) is 40.4. The lowest BCUT2D eigenvalue weighted by atomic mass is 10.1. The third kappa shape index (κ3) is 27.3. The van der Waals surface area contributed by atoms with Gasteiger partial charge in [0.2, 0.25) is 76.8 Å². The Morgan fingerprint density at radius 2 is 0.763 bits per heavy atom. The molecule has 0 aromatic rings. The molecule has 0 aliphatic carbocycles. The molecule has 0 unspecified atom stereocenters. The highest BCUT2D eigenvalue weighted by atomic mass is 16.4. The van der Waals surface area contributed by atoms with E-state index < -0.39 is 214 Å². The monoisotopic (exact) mass is 1090 g/mol. The summed E-state index contributed by atoms with van der Waals surface area (Å²) < 4.78 is 0. The number of aliphatic hydroxyl groups excluding tert-OH is 3. The van der Waals surface area contributed by atoms with Gasteiger partial charge >= 0.3 is 11.9 Å². The fourth-order valence-electron chi connectivity index (χ4n) is 5.99. The number of carbonyl (C=O) groups is 15. The molecule has 37 nitrogen and oxygen atoms in total. The molecule has 37 heteroatoms. The number of nitrogens with zero attached hydrogens (tertiary/aromatic N) is 1. The van der Waals surface area contributed by atoms with Crippen LogP contribution in [0.5, 0.6) is 0 Å². The summed E-state index contributed by atoms with van der Waals surface area (Å²) in [6.45, 7) is -4.66. The van der Waals surface area contributed by atoms with Crippen LogP contribution >= 0.6 is 0 Å². The second-order valence-electron chi connectivity index (χ2n) is 16.2. The molecule has 0 heterocycles. The van der Waals surface area contributed by atoms with Gasteiger partial charge in [-0.1, -0.05) is 0 Å². The second-order valence-corrected chi connectivity index (χ2v) is 16.2. The quantitative estimate of drug-likeness (QED) is 0.0155. The predicted octanol–water partition coefficient (Wildman–Crippen LogP) is -13.8. The normalized spacial score (nSPS) is 14.2. The van der Waals surface area contributed by atoms with E-state index in [-0.39, 0.29) is 25.3 Å². The SMILES string of the molecule is NC(=O)CC[C@H](NC(=O)[C@H](CCC(N)=O)NC(=O)[C@H](CC(N)=O)NC(=O)[C@H](CO)NC(=O)[C@H](CC(=O)O)NC(=O)[C@H](CO)NC(=O)[C@H](CO)NC(=O)CNC(=O)[C@H](CC(N)=O)NC(=O)[C@@H](N)CCCN=C(N)N)C(=O)O. The molecule has 0 saturated heterocycles. The van der Waals surface area contributed by atoms with Crippen LogP contribution < -0.4 is 88.0 Å². The number of carboxylic acids is 2. The Labute approximate surface area is 429 Å². The first kappa shape index (κ1) is 67.2. The molecule has 9 atom stereocenters. The third-order valence-corrected chi connectivity index (χ3v) is 9.89. The molecular weight excluding hydrogens is 1030 g/mol. The summed E-state index contributed by atoms with van der Waals surface area (Å²) in [6.07, 6.45) is -4.98. The Balaban J connectivity index is 6.01. The molecule has 0 fully saturated rings. The van der Waals surface area contributed by atoms with Crippen LogP contribution in [-0.4, -0.2) is 208 Å². The van der Waals surface area contributed by atoms with Gasteiger partial charge in [-0.3, -0.25) is 72.1 Å². The van der Waals surface area contributed by atoms with Crippen molar-refractivity contribution < 1.29 is 97.5 Å². The molecule has 28 N–H and O–H groups in total. The number of aliphatic hydroxyl groups is 3. The zero-order chi connectivity index (χ0) is 58.4. The molecular formula is C39H65N17O20. The Morgan fingerprint density at radius 3 is 1.17 bits per heavy atom. The van der Waals surface area contributed by atoms with Crippen molar-refractivity contribution >= 4 is 94.7 Å². The number of nitrogens with two attached hydrogens (primary N) is 7. The smallest absolute Gasteiger partial charge is 0.326 e. The Hall–Kier alpha value is -8.84. The van der Waals surface area contributed by atoms with Crippen molar-refractivity contribution in [3.8, 4) is 0 Å². The largest absolute Gasteiger partial charge is 0.481 e. The van der Waals surface area contributed by atoms with Crippen LogP contribution in [0, 0.1) is 0 Å². The first-order valence-electron chi connectivity index (χ1n) is 22.4. The zero-order valence-corrected chi connectivity index (χ0v) is 40.4. The van der Waals surface area contributed by atoms with E-state index in [1.807, 2.05) is 31.9 Å². The number of carboxylic acid groups (broad SMARTS) is 2. The van der Waals surface area contributed by atoms with Gasteiger partial charge in [0.1, 0.15) is 48.3 Å². The van der Waals surface area contributed by atoms with E-state index in [1.54, 1.807) is 0 Å². The molecule has 0 radical (unpaired) electrons. The molecule has 0 aliphatic heterocycles. The predicted molar refractivity (Wildman–Crippen MR) is 252 cm³/mol. The number of nitrogens with one attached hydrogen (secondary N) is 9. The Bertz CT molecular complexity index is 2180. The van der Waals surface area contributed by atoms with Crippen molar-refractivity contribution in [3.63, 3.8) is 0 Å². The molecule has 76 heavy (non-hydrogen) atoms. The highest BCUT2D eigenvalue weighted by molar-refractivity contribution is 6.00. The highest BCUT2D eigenvalue weighted by Gasteiger charge is 2.35. The van der Waals surface area contributed by atoms with Gasteiger partial charge in [-0.15, -0.1) is 0 Å². The number of aliphatic imine (C=N–C) groups is 1. The summed E-state index contributed by atoms with van der Waals surface area (Å²) >= 11 is 0. The summed E-state index contributed by atoms with van der Waals surface area (Å²) in [4.78, 5) is 191. The van der Waals surface area contributed by atoms with Crippen molar-refractivity contribution in [1.29, 1.82) is 0 Å². The van der Waals surface area contributed by atoms with Gasteiger partial charge < -0.3 is 114 Å². The molecule has 0 saturated carbocycles. The molecule has 426 valence electrons. The number of hydrogen-bond donors (Lipinski definition) is 21. The van der Waals surface area contributed by atoms with Crippen molar-refractivity contribution in [2.24, 2.45) is 45.1 Å². The van der Waals surface area contributed by atoms with E-state index in [0.29, 0.717) is 0 Å². The van der Waals surface area contributed by atoms with Crippen LogP contribution in [0.1, 0.15) is 57.8 Å². The van der Waals surface area contributed by atoms with Crippen LogP contribution in [0.2, 0.25) is 0 Å². The lowest BCUT2D eigenvalue weighted by Crippen LogP contribution is -2.61. The van der Waals surface area contributed by atoms with E-state index in [2.05, 4.69) is 20.9 Å². The number of guanidine groups is 1. The standard InChI is InChI=1S/C39H65N17O20/c40-15(2-1-7-47-39(45)46)30(67)52-18(8-26(43)62)31(68)48-11-28(64)49-21(12-57)35(72)56-23(14-59)37(74)54-20(10-29(65)66)34(71)55-22(13-58)36(73)53-19(9-27(44)63)33(70)50-16(3-5-24(41)60)32(69)51-17(38(75)76)4-6-25(42)61/h15-23,57-59H,1-14,40H2,(H2,41,60)(H2,42,61)(H2,43,62)(H2,44,63)(H,48,68)(H,49,64)(H,50,70)(H,51,69)(H,52,67)(H,53,73)(H,54,74)(H,55,71)(H,56,72)(H,65,66)(H,75,76)(H4,45,46,47)/t15-,16-,17-,18-,19-,20-,21-,22-,23-/m0/s1. The molecule has 0 aromatic heterocycles. The minimum absolute atomic E-state index is 0.0422. The number of rotatable bonds is 38. The van der Waals surface area contributed by atoms with Gasteiger partial charge in [0.05, 0.1) is 51.7 Å². The van der Waals surface area contributed by atoms with Gasteiger partial charge in [0, 0.05) is 19.4 Å².